The van der Waals surface area contributed by atoms with Crippen LogP contribution in [0.1, 0.15) is 142 Å². The molecule has 3 saturated carbocycles. The lowest BCUT2D eigenvalue weighted by molar-refractivity contribution is -0.154. The smallest absolute Gasteiger partial charge is 0.328 e. The minimum absolute atomic E-state index is 0.0317. The maximum Gasteiger partial charge on any atom is 0.328 e. The molecule has 422 valence electrons. The third kappa shape index (κ3) is 14.3. The SMILES string of the molecule is COC(=O)[C@@H]1[C@@H]2[C@H](CN1C(=O)[C@@H](NC(=O)NC(C)(C)C)C(C)(C)C)C2(C)C.Cc1ccc(S(=O)(=O)CNC(=O)C(O)C(CC2CCC2)NC(=O)[C@@H]2[C@@H]3[C@H](CN2C(=O)[C@@H](NC(=O)NC(C)(C)C)C(C)(C)C)C3(C)C)cc1. The monoisotopic (exact) mass is 1070 g/mol. The first-order chi connectivity index (χ1) is 34.1. The maximum atomic E-state index is 14.2. The number of aliphatic hydroxyl groups excluding tert-OH is 1. The zero-order valence-electron chi connectivity index (χ0n) is 47.9. The van der Waals surface area contributed by atoms with Crippen LogP contribution < -0.4 is 31.9 Å². The van der Waals surface area contributed by atoms with E-state index in [2.05, 4.69) is 59.6 Å². The number of piperidine rings is 2. The lowest BCUT2D eigenvalue weighted by atomic mass is 9.79. The van der Waals surface area contributed by atoms with Crippen LogP contribution in [0.25, 0.3) is 0 Å². The first-order valence-electron chi connectivity index (χ1n) is 26.6. The summed E-state index contributed by atoms with van der Waals surface area (Å²) in [4.78, 5) is 95.8. The van der Waals surface area contributed by atoms with E-state index in [1.54, 1.807) is 21.9 Å². The van der Waals surface area contributed by atoms with E-state index in [0.29, 0.717) is 19.5 Å². The summed E-state index contributed by atoms with van der Waals surface area (Å²) in [5.74, 6) is -2.54. The molecule has 0 aromatic heterocycles. The lowest BCUT2D eigenvalue weighted by Gasteiger charge is -2.39. The summed E-state index contributed by atoms with van der Waals surface area (Å²) in [5.41, 5.74) is -1.39. The number of likely N-dealkylation sites (tertiary alicyclic amines) is 2. The number of sulfone groups is 1. The Labute approximate surface area is 446 Å². The number of urea groups is 2. The summed E-state index contributed by atoms with van der Waals surface area (Å²) in [7, 11) is -2.51. The zero-order valence-corrected chi connectivity index (χ0v) is 48.8. The Hall–Kier alpha value is -4.98. The van der Waals surface area contributed by atoms with Gasteiger partial charge in [-0.3, -0.25) is 19.2 Å². The highest BCUT2D eigenvalue weighted by Crippen LogP contribution is 2.66. The summed E-state index contributed by atoms with van der Waals surface area (Å²) < 4.78 is 30.7. The molecule has 8 amide bonds. The van der Waals surface area contributed by atoms with Gasteiger partial charge in [0.1, 0.15) is 30.0 Å². The summed E-state index contributed by atoms with van der Waals surface area (Å²) in [6.45, 7) is 33.5. The largest absolute Gasteiger partial charge is 0.467 e. The quantitative estimate of drug-likeness (QED) is 0.122. The molecule has 2 aliphatic heterocycles. The third-order valence-electron chi connectivity index (χ3n) is 16.1. The van der Waals surface area contributed by atoms with Crippen molar-refractivity contribution in [3.05, 3.63) is 29.8 Å². The number of methoxy groups -OCH3 is 1. The number of fused-ring (bicyclic) bond motifs is 2. The molecule has 6 rings (SSSR count). The first kappa shape index (κ1) is 60.9. The fourth-order valence-corrected chi connectivity index (χ4v) is 12.3. The highest BCUT2D eigenvalue weighted by atomic mass is 32.2. The van der Waals surface area contributed by atoms with Crippen molar-refractivity contribution < 1.29 is 51.8 Å². The Balaban J connectivity index is 0.000000326. The fourth-order valence-electron chi connectivity index (χ4n) is 11.3. The van der Waals surface area contributed by atoms with Gasteiger partial charge >= 0.3 is 18.0 Å². The van der Waals surface area contributed by atoms with Crippen LogP contribution in [0.5, 0.6) is 0 Å². The molecular formula is C55H90N8O11S. The molecule has 1 aromatic rings. The normalized spacial score (nSPS) is 25.2. The van der Waals surface area contributed by atoms with Gasteiger partial charge in [-0.1, -0.05) is 106 Å². The van der Waals surface area contributed by atoms with Crippen molar-refractivity contribution >= 4 is 51.5 Å². The van der Waals surface area contributed by atoms with Gasteiger partial charge < -0.3 is 51.5 Å². The molecule has 75 heavy (non-hydrogen) atoms. The highest BCUT2D eigenvalue weighted by Gasteiger charge is 2.71. The van der Waals surface area contributed by atoms with Crippen LogP contribution in [0, 0.1) is 58.2 Å². The maximum absolute atomic E-state index is 14.2. The molecule has 7 N–H and O–H groups in total. The standard InChI is InChI=1S/C35H55N5O7S.C20H35N3O4/c1-20-13-15-22(16-14-20)48(46,47)19-36-30(43)27(41)24(17-21-11-10-12-21)37-29(42)26-25-23(35(25,8)9)18-40(26)31(44)28(33(2,3)4)38-32(45)39-34(5,6)7;1-18(2,3)14(21-17(26)22-19(4,5)6)15(24)23-10-11-12(20(11,7)8)13(23)16(25)27-9/h13-16,21,23-28,41H,10-12,17-19H2,1-9H3,(H,36,43)(H,37,42)(H2,38,39,45);11-14H,10H2,1-9H3,(H2,21,22,26)/t23-,24?,25-,26-,27?,28+;11-,12-,13-,14+/m00/s1. The molecule has 0 radical (unpaired) electrons. The predicted molar refractivity (Wildman–Crippen MR) is 285 cm³/mol. The number of ether oxygens (including phenoxy) is 1. The number of rotatable bonds is 14. The number of nitrogens with one attached hydrogen (secondary N) is 6. The van der Waals surface area contributed by atoms with Crippen molar-refractivity contribution in [1.29, 1.82) is 0 Å². The van der Waals surface area contributed by atoms with E-state index < -0.39 is 97.8 Å². The van der Waals surface area contributed by atoms with Crippen molar-refractivity contribution in [1.82, 2.24) is 41.7 Å². The molecule has 0 spiro atoms. The van der Waals surface area contributed by atoms with Crippen LogP contribution in [0.15, 0.2) is 29.2 Å². The number of benzene rings is 1. The van der Waals surface area contributed by atoms with E-state index in [9.17, 15) is 47.1 Å². The molecule has 19 nitrogen and oxygen atoms in total. The number of esters is 1. The summed E-state index contributed by atoms with van der Waals surface area (Å²) >= 11 is 0. The molecule has 5 fully saturated rings. The lowest BCUT2D eigenvalue weighted by Crippen LogP contribution is -2.62. The van der Waals surface area contributed by atoms with Crippen LogP contribution >= 0.6 is 0 Å². The van der Waals surface area contributed by atoms with Crippen LogP contribution in [-0.4, -0.2) is 138 Å². The Morgan fingerprint density at radius 3 is 1.51 bits per heavy atom. The van der Waals surface area contributed by atoms with Gasteiger partial charge in [-0.15, -0.1) is 0 Å². The molecular weight excluding hydrogens is 981 g/mol. The number of hydrogen-bond acceptors (Lipinski definition) is 11. The average Bonchev–Trinajstić information content (AvgIpc) is 3.70. The van der Waals surface area contributed by atoms with Crippen molar-refractivity contribution in [2.24, 2.45) is 51.2 Å². The van der Waals surface area contributed by atoms with Crippen LogP contribution in [0.3, 0.4) is 0 Å². The molecule has 1 aromatic carbocycles. The average molecular weight is 1070 g/mol. The number of carbonyl (C=O) groups is 7. The summed E-state index contributed by atoms with van der Waals surface area (Å²) in [6.07, 6.45) is 1.42. The van der Waals surface area contributed by atoms with Gasteiger partial charge in [-0.05, 0) is 112 Å². The van der Waals surface area contributed by atoms with Crippen LogP contribution in [0.4, 0.5) is 9.59 Å². The summed E-state index contributed by atoms with van der Waals surface area (Å²) in [5, 5.41) is 27.8. The number of hydrogen-bond donors (Lipinski definition) is 7. The van der Waals surface area contributed by atoms with E-state index in [1.165, 1.54) is 19.2 Å². The fraction of sp³-hybridized carbons (Fsp3) is 0.764. The second-order valence-electron chi connectivity index (χ2n) is 27.3. The topological polar surface area (TPSA) is 262 Å². The van der Waals surface area contributed by atoms with Crippen LogP contribution in [-0.2, 0) is 38.5 Å². The number of amides is 8. The van der Waals surface area contributed by atoms with Gasteiger partial charge in [0.15, 0.2) is 15.9 Å². The molecule has 2 saturated heterocycles. The number of aliphatic hydroxyl groups is 1. The Morgan fingerprint density at radius 2 is 1.12 bits per heavy atom. The van der Waals surface area contributed by atoms with Gasteiger partial charge in [0.25, 0.3) is 5.91 Å². The van der Waals surface area contributed by atoms with Crippen molar-refractivity contribution in [3.63, 3.8) is 0 Å². The van der Waals surface area contributed by atoms with E-state index >= 15 is 0 Å². The van der Waals surface area contributed by atoms with Crippen LogP contribution in [0.2, 0.25) is 0 Å². The molecule has 3 aliphatic carbocycles. The molecule has 2 heterocycles. The van der Waals surface area contributed by atoms with Crippen molar-refractivity contribution in [2.45, 2.75) is 196 Å². The molecule has 0 bridgehead atoms. The number of aryl methyl sites for hydroxylation is 1. The van der Waals surface area contributed by atoms with Gasteiger partial charge in [-0.2, -0.15) is 0 Å². The van der Waals surface area contributed by atoms with Gasteiger partial charge in [0, 0.05) is 30.1 Å². The number of carbonyl (C=O) groups excluding carboxylic acids is 7. The van der Waals surface area contributed by atoms with E-state index in [4.69, 9.17) is 4.74 Å². The molecule has 20 heteroatoms. The zero-order chi connectivity index (χ0) is 56.9. The summed E-state index contributed by atoms with van der Waals surface area (Å²) in [6, 6.07) is 1.27. The molecule has 2 unspecified atom stereocenters. The molecule has 5 aliphatic rings. The van der Waals surface area contributed by atoms with Crippen molar-refractivity contribution in [3.8, 4) is 0 Å². The molecule has 10 atom stereocenters. The third-order valence-corrected chi connectivity index (χ3v) is 17.6. The van der Waals surface area contributed by atoms with Gasteiger partial charge in [0.05, 0.1) is 18.0 Å². The van der Waals surface area contributed by atoms with E-state index in [0.717, 1.165) is 24.8 Å². The number of nitrogens with zero attached hydrogens (tertiary/aromatic N) is 2. The second kappa shape index (κ2) is 21.8. The highest BCUT2D eigenvalue weighted by molar-refractivity contribution is 7.91. The predicted octanol–water partition coefficient (Wildman–Crippen LogP) is 5.03. The Kier molecular flexibility index (Phi) is 17.7. The Bertz CT molecular complexity index is 2430. The van der Waals surface area contributed by atoms with Crippen molar-refractivity contribution in [2.75, 3.05) is 26.1 Å². The minimum atomic E-state index is -3.86. The Morgan fingerprint density at radius 1 is 0.693 bits per heavy atom. The van der Waals surface area contributed by atoms with Gasteiger partial charge in [0.2, 0.25) is 17.7 Å². The second-order valence-corrected chi connectivity index (χ2v) is 29.3. The van der Waals surface area contributed by atoms with E-state index in [-0.39, 0.29) is 63.1 Å². The minimum Gasteiger partial charge on any atom is -0.467 e. The first-order valence-corrected chi connectivity index (χ1v) is 28.2. The van der Waals surface area contributed by atoms with Gasteiger partial charge in [-0.25, -0.2) is 22.8 Å². The van der Waals surface area contributed by atoms with E-state index in [1.807, 2.05) is 90.0 Å².